The van der Waals surface area contributed by atoms with E-state index in [-0.39, 0.29) is 23.1 Å². The Morgan fingerprint density at radius 3 is 2.83 bits per heavy atom. The van der Waals surface area contributed by atoms with E-state index >= 15 is 0 Å². The van der Waals surface area contributed by atoms with E-state index in [1.807, 2.05) is 11.0 Å². The summed E-state index contributed by atoms with van der Waals surface area (Å²) in [6, 6.07) is 7.94. The van der Waals surface area contributed by atoms with Crippen LogP contribution < -0.4 is 4.90 Å². The second-order valence-corrected chi connectivity index (χ2v) is 10.3. The number of rotatable bonds is 2. The first-order chi connectivity index (χ1) is 14.4. The number of amides is 1. The number of ketones is 1. The van der Waals surface area contributed by atoms with Crippen LogP contribution in [-0.2, 0) is 28.9 Å². The van der Waals surface area contributed by atoms with Gasteiger partial charge >= 0.3 is 0 Å². The average Bonchev–Trinajstić information content (AvgIpc) is 3.16. The van der Waals surface area contributed by atoms with Crippen molar-refractivity contribution in [3.63, 3.8) is 0 Å². The molecule has 158 valence electrons. The van der Waals surface area contributed by atoms with Crippen molar-refractivity contribution < 1.29 is 14.3 Å². The highest BCUT2D eigenvalue weighted by atomic mass is 32.1. The summed E-state index contributed by atoms with van der Waals surface area (Å²) in [6.07, 6.45) is 2.24. The van der Waals surface area contributed by atoms with Gasteiger partial charge in [-0.1, -0.05) is 49.4 Å². The number of anilines is 1. The van der Waals surface area contributed by atoms with Gasteiger partial charge in [-0.3, -0.25) is 9.59 Å². The van der Waals surface area contributed by atoms with E-state index in [4.69, 9.17) is 9.72 Å². The summed E-state index contributed by atoms with van der Waals surface area (Å²) in [7, 11) is 0. The zero-order valence-electron chi connectivity index (χ0n) is 17.5. The molecule has 1 aromatic carbocycles. The molecule has 2 aromatic rings. The standard InChI is InChI=1S/C23H27N3O3S/c1-23(2)11-17-20(19(27)12-23)30-22(24-17)26-9-10-29-14-18(26)21(28)25-8-7-15-5-3-4-6-16(15)13-25/h3-6,18H,7-14H2,1-2H3. The van der Waals surface area contributed by atoms with Crippen LogP contribution in [0.5, 0.6) is 0 Å². The predicted molar refractivity (Wildman–Crippen MR) is 116 cm³/mol. The monoisotopic (exact) mass is 425 g/mol. The number of morpholine rings is 1. The smallest absolute Gasteiger partial charge is 0.248 e. The summed E-state index contributed by atoms with van der Waals surface area (Å²) >= 11 is 1.45. The summed E-state index contributed by atoms with van der Waals surface area (Å²) < 4.78 is 5.69. The Bertz CT molecular complexity index is 999. The number of carbonyl (C=O) groups is 2. The van der Waals surface area contributed by atoms with Crippen LogP contribution in [-0.4, -0.2) is 53.9 Å². The lowest BCUT2D eigenvalue weighted by Gasteiger charge is -2.38. The van der Waals surface area contributed by atoms with Crippen molar-refractivity contribution in [2.45, 2.75) is 45.7 Å². The number of benzene rings is 1. The molecule has 30 heavy (non-hydrogen) atoms. The number of Topliss-reactive ketones (excluding diaryl/α,β-unsaturated/α-hetero) is 1. The molecular formula is C23H27N3O3S. The quantitative estimate of drug-likeness (QED) is 0.740. The largest absolute Gasteiger partial charge is 0.377 e. The summed E-state index contributed by atoms with van der Waals surface area (Å²) in [5, 5.41) is 0.783. The van der Waals surface area contributed by atoms with Gasteiger partial charge in [0.25, 0.3) is 0 Å². The number of carbonyl (C=O) groups excluding carboxylic acids is 2. The van der Waals surface area contributed by atoms with Crippen molar-refractivity contribution in [1.82, 2.24) is 9.88 Å². The molecule has 3 heterocycles. The summed E-state index contributed by atoms with van der Waals surface area (Å²) in [5.74, 6) is 0.262. The van der Waals surface area contributed by atoms with Crippen LogP contribution >= 0.6 is 11.3 Å². The molecule has 5 rings (SSSR count). The number of hydrogen-bond donors (Lipinski definition) is 0. The van der Waals surface area contributed by atoms with E-state index in [1.165, 1.54) is 22.5 Å². The number of ether oxygens (including phenoxy) is 1. The molecule has 0 spiro atoms. The molecule has 1 fully saturated rings. The van der Waals surface area contributed by atoms with Gasteiger partial charge in [-0.2, -0.15) is 0 Å². The number of thiazole rings is 1. The maximum absolute atomic E-state index is 13.5. The van der Waals surface area contributed by atoms with Crippen molar-refractivity contribution >= 4 is 28.2 Å². The summed E-state index contributed by atoms with van der Waals surface area (Å²) in [5.41, 5.74) is 3.38. The van der Waals surface area contributed by atoms with Crippen LogP contribution in [0.4, 0.5) is 5.13 Å². The van der Waals surface area contributed by atoms with E-state index < -0.39 is 0 Å². The maximum atomic E-state index is 13.5. The fourth-order valence-corrected chi connectivity index (χ4v) is 5.86. The molecule has 0 radical (unpaired) electrons. The molecular weight excluding hydrogens is 398 g/mol. The van der Waals surface area contributed by atoms with Gasteiger partial charge in [0, 0.05) is 26.1 Å². The molecule has 0 bridgehead atoms. The van der Waals surface area contributed by atoms with Crippen molar-refractivity contribution in [2.75, 3.05) is 31.2 Å². The van der Waals surface area contributed by atoms with Crippen molar-refractivity contribution in [3.05, 3.63) is 46.0 Å². The highest BCUT2D eigenvalue weighted by Crippen LogP contribution is 2.40. The third kappa shape index (κ3) is 3.54. The number of fused-ring (bicyclic) bond motifs is 2. The van der Waals surface area contributed by atoms with E-state index in [9.17, 15) is 9.59 Å². The van der Waals surface area contributed by atoms with Crippen LogP contribution in [0.3, 0.4) is 0 Å². The summed E-state index contributed by atoms with van der Waals surface area (Å²) in [4.78, 5) is 35.7. The maximum Gasteiger partial charge on any atom is 0.248 e. The van der Waals surface area contributed by atoms with Gasteiger partial charge in [-0.05, 0) is 29.4 Å². The Morgan fingerprint density at radius 2 is 2.00 bits per heavy atom. The SMILES string of the molecule is CC1(C)CC(=O)c2sc(N3CCOCC3C(=O)N3CCc4ccccc4C3)nc2C1. The minimum atomic E-state index is -0.389. The summed E-state index contributed by atoms with van der Waals surface area (Å²) in [6.45, 7) is 7.13. The Morgan fingerprint density at radius 1 is 1.20 bits per heavy atom. The lowest BCUT2D eigenvalue weighted by Crippen LogP contribution is -2.55. The van der Waals surface area contributed by atoms with Crippen LogP contribution in [0.2, 0.25) is 0 Å². The second-order valence-electron chi connectivity index (χ2n) is 9.28. The van der Waals surface area contributed by atoms with Crippen molar-refractivity contribution in [3.8, 4) is 0 Å². The molecule has 2 aliphatic heterocycles. The van der Waals surface area contributed by atoms with Gasteiger partial charge in [-0.15, -0.1) is 0 Å². The molecule has 3 aliphatic rings. The van der Waals surface area contributed by atoms with E-state index in [1.54, 1.807) is 0 Å². The molecule has 0 saturated carbocycles. The molecule has 1 aliphatic carbocycles. The highest BCUT2D eigenvalue weighted by Gasteiger charge is 2.38. The molecule has 1 aromatic heterocycles. The van der Waals surface area contributed by atoms with Gasteiger partial charge in [0.05, 0.1) is 23.8 Å². The number of nitrogens with zero attached hydrogens (tertiary/aromatic N) is 3. The first-order valence-electron chi connectivity index (χ1n) is 10.6. The van der Waals surface area contributed by atoms with Gasteiger partial charge in [-0.25, -0.2) is 4.98 Å². The fourth-order valence-electron chi connectivity index (χ4n) is 4.76. The van der Waals surface area contributed by atoms with Gasteiger partial charge < -0.3 is 14.5 Å². The van der Waals surface area contributed by atoms with E-state index in [2.05, 4.69) is 36.9 Å². The molecule has 1 atom stereocenters. The minimum Gasteiger partial charge on any atom is -0.377 e. The first kappa shape index (κ1) is 19.7. The third-order valence-corrected chi connectivity index (χ3v) is 7.50. The topological polar surface area (TPSA) is 62.7 Å². The Labute approximate surface area is 180 Å². The molecule has 1 saturated heterocycles. The zero-order valence-corrected chi connectivity index (χ0v) is 18.3. The molecule has 0 N–H and O–H groups in total. The Kier molecular flexibility index (Phi) is 4.90. The van der Waals surface area contributed by atoms with Crippen molar-refractivity contribution in [1.29, 1.82) is 0 Å². The first-order valence-corrected chi connectivity index (χ1v) is 11.5. The molecule has 1 amide bonds. The van der Waals surface area contributed by atoms with Crippen LogP contribution in [0.25, 0.3) is 0 Å². The number of aromatic nitrogens is 1. The minimum absolute atomic E-state index is 0.0587. The molecule has 6 nitrogen and oxygen atoms in total. The number of hydrogen-bond acceptors (Lipinski definition) is 6. The molecule has 7 heteroatoms. The van der Waals surface area contributed by atoms with Gasteiger partial charge in [0.1, 0.15) is 6.04 Å². The predicted octanol–water partition coefficient (Wildman–Crippen LogP) is 3.09. The van der Waals surface area contributed by atoms with Crippen molar-refractivity contribution in [2.24, 2.45) is 5.41 Å². The Hall–Kier alpha value is -2.25. The lowest BCUT2D eigenvalue weighted by atomic mass is 9.78. The average molecular weight is 426 g/mol. The normalized spacial score (nSPS) is 23.1. The van der Waals surface area contributed by atoms with E-state index in [0.29, 0.717) is 32.7 Å². The van der Waals surface area contributed by atoms with Crippen LogP contribution in [0.1, 0.15) is 46.8 Å². The zero-order chi connectivity index (χ0) is 20.9. The van der Waals surface area contributed by atoms with Crippen LogP contribution in [0.15, 0.2) is 24.3 Å². The van der Waals surface area contributed by atoms with Gasteiger partial charge in [0.15, 0.2) is 10.9 Å². The second kappa shape index (κ2) is 7.46. The van der Waals surface area contributed by atoms with Crippen LogP contribution in [0, 0.1) is 5.41 Å². The third-order valence-electron chi connectivity index (χ3n) is 6.33. The Balaban J connectivity index is 1.39. The molecule has 1 unspecified atom stereocenters. The highest BCUT2D eigenvalue weighted by molar-refractivity contribution is 7.17. The lowest BCUT2D eigenvalue weighted by molar-refractivity contribution is -0.136. The van der Waals surface area contributed by atoms with E-state index in [0.717, 1.165) is 35.1 Å². The van der Waals surface area contributed by atoms with Gasteiger partial charge in [0.2, 0.25) is 5.91 Å². The fraction of sp³-hybridized carbons (Fsp3) is 0.522.